The second kappa shape index (κ2) is 6.06. The molecule has 3 heteroatoms. The summed E-state index contributed by atoms with van der Waals surface area (Å²) in [5.74, 6) is -0.226. The van der Waals surface area contributed by atoms with Crippen LogP contribution in [0.5, 0.6) is 0 Å². The second-order valence-electron chi connectivity index (χ2n) is 5.26. The average Bonchev–Trinajstić information content (AvgIpc) is 2.47. The van der Waals surface area contributed by atoms with Crippen molar-refractivity contribution in [2.75, 3.05) is 11.9 Å². The lowest BCUT2D eigenvalue weighted by Gasteiger charge is -2.38. The van der Waals surface area contributed by atoms with Crippen molar-refractivity contribution in [3.05, 3.63) is 66.0 Å². The van der Waals surface area contributed by atoms with Gasteiger partial charge in [-0.1, -0.05) is 56.3 Å². The van der Waals surface area contributed by atoms with Crippen molar-refractivity contribution < 1.29 is 9.50 Å². The second-order valence-corrected chi connectivity index (χ2v) is 5.26. The molecular formula is C17H20FNO. The van der Waals surface area contributed by atoms with Crippen LogP contribution in [-0.4, -0.2) is 11.7 Å². The number of para-hydroxylation sites is 1. The van der Waals surface area contributed by atoms with Crippen LogP contribution in [0.4, 0.5) is 10.1 Å². The Morgan fingerprint density at radius 2 is 1.65 bits per heavy atom. The minimum Gasteiger partial charge on any atom is -0.394 e. The first-order valence-electron chi connectivity index (χ1n) is 6.79. The third-order valence-electron chi connectivity index (χ3n) is 3.76. The maximum Gasteiger partial charge on any atom is 0.146 e. The van der Waals surface area contributed by atoms with Gasteiger partial charge in [-0.05, 0) is 23.6 Å². The molecule has 2 nitrogen and oxygen atoms in total. The normalized spacial score (nSPS) is 14.1. The number of nitrogens with one attached hydrogen (secondary N) is 1. The Morgan fingerprint density at radius 1 is 1.05 bits per heavy atom. The molecular weight excluding hydrogens is 253 g/mol. The van der Waals surface area contributed by atoms with Gasteiger partial charge in [-0.15, -0.1) is 0 Å². The van der Waals surface area contributed by atoms with Crippen LogP contribution < -0.4 is 5.32 Å². The van der Waals surface area contributed by atoms with Gasteiger partial charge in [-0.3, -0.25) is 0 Å². The fourth-order valence-electron chi connectivity index (χ4n) is 2.40. The highest BCUT2D eigenvalue weighted by Crippen LogP contribution is 2.34. The summed E-state index contributed by atoms with van der Waals surface area (Å²) in [5, 5.41) is 13.2. The van der Waals surface area contributed by atoms with E-state index < -0.39 is 5.54 Å². The van der Waals surface area contributed by atoms with Gasteiger partial charge in [0.25, 0.3) is 0 Å². The van der Waals surface area contributed by atoms with E-state index in [4.69, 9.17) is 0 Å². The molecule has 0 aliphatic carbocycles. The number of hydrogen-bond acceptors (Lipinski definition) is 2. The fraction of sp³-hybridized carbons (Fsp3) is 0.294. The molecule has 2 N–H and O–H groups in total. The molecule has 0 spiro atoms. The summed E-state index contributed by atoms with van der Waals surface area (Å²) in [6.45, 7) is 3.91. The van der Waals surface area contributed by atoms with Crippen LogP contribution in [0.2, 0.25) is 0 Å². The van der Waals surface area contributed by atoms with Gasteiger partial charge in [0, 0.05) is 0 Å². The minimum atomic E-state index is -0.705. The van der Waals surface area contributed by atoms with E-state index >= 15 is 0 Å². The molecule has 0 bridgehead atoms. The largest absolute Gasteiger partial charge is 0.394 e. The van der Waals surface area contributed by atoms with Crippen molar-refractivity contribution in [3.8, 4) is 0 Å². The smallest absolute Gasteiger partial charge is 0.146 e. The Balaban J connectivity index is 2.46. The Kier molecular flexibility index (Phi) is 4.40. The van der Waals surface area contributed by atoms with Gasteiger partial charge in [-0.2, -0.15) is 0 Å². The molecule has 0 aromatic heterocycles. The average molecular weight is 273 g/mol. The highest BCUT2D eigenvalue weighted by atomic mass is 19.1. The summed E-state index contributed by atoms with van der Waals surface area (Å²) in [6.07, 6.45) is 0. The van der Waals surface area contributed by atoms with Gasteiger partial charge in [0.05, 0.1) is 17.8 Å². The van der Waals surface area contributed by atoms with Crippen LogP contribution in [0.15, 0.2) is 54.6 Å². The van der Waals surface area contributed by atoms with Crippen LogP contribution in [0.1, 0.15) is 19.4 Å². The molecule has 20 heavy (non-hydrogen) atoms. The van der Waals surface area contributed by atoms with E-state index in [1.165, 1.54) is 6.07 Å². The first kappa shape index (κ1) is 14.5. The highest BCUT2D eigenvalue weighted by molar-refractivity contribution is 5.49. The maximum absolute atomic E-state index is 13.9. The number of benzene rings is 2. The summed E-state index contributed by atoms with van der Waals surface area (Å²) in [5.41, 5.74) is 0.642. The van der Waals surface area contributed by atoms with Crippen LogP contribution in [0.3, 0.4) is 0 Å². The first-order valence-corrected chi connectivity index (χ1v) is 6.79. The molecule has 0 fully saturated rings. The van der Waals surface area contributed by atoms with Crippen LogP contribution >= 0.6 is 0 Å². The third kappa shape index (κ3) is 2.68. The molecule has 0 saturated carbocycles. The summed E-state index contributed by atoms with van der Waals surface area (Å²) in [7, 11) is 0. The number of aliphatic hydroxyl groups excluding tert-OH is 1. The summed E-state index contributed by atoms with van der Waals surface area (Å²) < 4.78 is 13.9. The van der Waals surface area contributed by atoms with Gasteiger partial charge in [0.15, 0.2) is 0 Å². The molecule has 2 aromatic rings. The standard InChI is InChI=1S/C17H20FNO/c1-13(2)17(12-20,14-8-4-3-5-9-14)19-16-11-7-6-10-15(16)18/h3-11,13,19-20H,12H2,1-2H3. The molecule has 1 atom stereocenters. The Labute approximate surface area is 119 Å². The lowest BCUT2D eigenvalue weighted by Crippen LogP contribution is -2.44. The van der Waals surface area contributed by atoms with Gasteiger partial charge < -0.3 is 10.4 Å². The maximum atomic E-state index is 13.9. The van der Waals surface area contributed by atoms with Crippen LogP contribution in [0, 0.1) is 11.7 Å². The van der Waals surface area contributed by atoms with Crippen molar-refractivity contribution in [1.29, 1.82) is 0 Å². The Hall–Kier alpha value is -1.87. The molecule has 1 unspecified atom stereocenters. The summed E-state index contributed by atoms with van der Waals surface area (Å²) in [4.78, 5) is 0. The van der Waals surface area contributed by atoms with Crippen LogP contribution in [-0.2, 0) is 5.54 Å². The first-order chi connectivity index (χ1) is 9.60. The van der Waals surface area contributed by atoms with Gasteiger partial charge in [0.2, 0.25) is 0 Å². The van der Waals surface area contributed by atoms with E-state index in [2.05, 4.69) is 5.32 Å². The SMILES string of the molecule is CC(C)C(CO)(Nc1ccccc1F)c1ccccc1. The predicted molar refractivity (Wildman–Crippen MR) is 80.1 cm³/mol. The molecule has 106 valence electrons. The lowest BCUT2D eigenvalue weighted by atomic mass is 9.80. The molecule has 0 aliphatic heterocycles. The molecule has 0 heterocycles. The monoisotopic (exact) mass is 273 g/mol. The molecule has 2 aromatic carbocycles. The van der Waals surface area contributed by atoms with Gasteiger partial charge >= 0.3 is 0 Å². The third-order valence-corrected chi connectivity index (χ3v) is 3.76. The van der Waals surface area contributed by atoms with Crippen molar-refractivity contribution in [3.63, 3.8) is 0 Å². The molecule has 0 radical (unpaired) electrons. The van der Waals surface area contributed by atoms with E-state index in [1.807, 2.05) is 44.2 Å². The number of hydrogen-bond donors (Lipinski definition) is 2. The number of rotatable bonds is 5. The Bertz CT molecular complexity index is 556. The van der Waals surface area contributed by atoms with Crippen LogP contribution in [0.25, 0.3) is 0 Å². The molecule has 0 saturated heterocycles. The zero-order chi connectivity index (χ0) is 14.6. The fourth-order valence-corrected chi connectivity index (χ4v) is 2.40. The zero-order valence-electron chi connectivity index (χ0n) is 11.8. The highest BCUT2D eigenvalue weighted by Gasteiger charge is 2.35. The van der Waals surface area contributed by atoms with Crippen molar-refractivity contribution in [2.45, 2.75) is 19.4 Å². The van der Waals surface area contributed by atoms with E-state index in [9.17, 15) is 9.50 Å². The minimum absolute atomic E-state index is 0.0921. The van der Waals surface area contributed by atoms with Crippen molar-refractivity contribution in [2.24, 2.45) is 5.92 Å². The molecule has 0 amide bonds. The Morgan fingerprint density at radius 3 is 2.20 bits per heavy atom. The van der Waals surface area contributed by atoms with Gasteiger partial charge in [-0.25, -0.2) is 4.39 Å². The van der Waals surface area contributed by atoms with E-state index in [-0.39, 0.29) is 18.3 Å². The number of halogens is 1. The van der Waals surface area contributed by atoms with Crippen molar-refractivity contribution in [1.82, 2.24) is 0 Å². The number of anilines is 1. The topological polar surface area (TPSA) is 32.3 Å². The quantitative estimate of drug-likeness (QED) is 0.869. The number of aliphatic hydroxyl groups is 1. The molecule has 2 rings (SSSR count). The lowest BCUT2D eigenvalue weighted by molar-refractivity contribution is 0.171. The summed E-state index contributed by atoms with van der Waals surface area (Å²) in [6, 6.07) is 16.2. The zero-order valence-corrected chi connectivity index (χ0v) is 11.8. The summed E-state index contributed by atoms with van der Waals surface area (Å²) >= 11 is 0. The van der Waals surface area contributed by atoms with Gasteiger partial charge in [0.1, 0.15) is 5.82 Å². The molecule has 0 aliphatic rings. The van der Waals surface area contributed by atoms with Crippen molar-refractivity contribution >= 4 is 5.69 Å². The van der Waals surface area contributed by atoms with E-state index in [0.717, 1.165) is 5.56 Å². The predicted octanol–water partition coefficient (Wildman–Crippen LogP) is 3.78. The van der Waals surface area contributed by atoms with E-state index in [0.29, 0.717) is 5.69 Å². The van der Waals surface area contributed by atoms with E-state index in [1.54, 1.807) is 18.2 Å².